The first kappa shape index (κ1) is 12.2. The first-order valence-corrected chi connectivity index (χ1v) is 6.40. The Morgan fingerprint density at radius 3 is 2.84 bits per heavy atom. The van der Waals surface area contributed by atoms with Crippen LogP contribution < -0.4 is 0 Å². The van der Waals surface area contributed by atoms with Crippen LogP contribution in [0, 0.1) is 5.92 Å². The molecule has 0 saturated heterocycles. The summed E-state index contributed by atoms with van der Waals surface area (Å²) in [7, 11) is 1.82. The molecular formula is C14H12ClNO3. The predicted octanol–water partition coefficient (Wildman–Crippen LogP) is 2.66. The molecule has 5 heteroatoms. The van der Waals surface area contributed by atoms with Gasteiger partial charge in [-0.2, -0.15) is 0 Å². The van der Waals surface area contributed by atoms with E-state index >= 15 is 0 Å². The third-order valence-corrected chi connectivity index (χ3v) is 4.09. The molecule has 1 aromatic heterocycles. The molecule has 1 unspecified atom stereocenters. The largest absolute Gasteiger partial charge is 0.481 e. The summed E-state index contributed by atoms with van der Waals surface area (Å²) in [4.78, 5) is 23.3. The Kier molecular flexibility index (Phi) is 2.64. The molecule has 1 aliphatic rings. The number of ketones is 1. The van der Waals surface area contributed by atoms with Crippen LogP contribution in [0.3, 0.4) is 0 Å². The second-order valence-corrected chi connectivity index (χ2v) is 5.29. The van der Waals surface area contributed by atoms with Crippen molar-refractivity contribution in [2.45, 2.75) is 12.8 Å². The number of para-hydroxylation sites is 1. The van der Waals surface area contributed by atoms with E-state index < -0.39 is 11.9 Å². The van der Waals surface area contributed by atoms with Crippen LogP contribution in [0.15, 0.2) is 18.2 Å². The lowest BCUT2D eigenvalue weighted by molar-refractivity contribution is -0.141. The quantitative estimate of drug-likeness (QED) is 0.872. The first-order valence-electron chi connectivity index (χ1n) is 6.02. The molecule has 0 amide bonds. The second-order valence-electron chi connectivity index (χ2n) is 4.88. The van der Waals surface area contributed by atoms with Gasteiger partial charge >= 0.3 is 5.97 Å². The van der Waals surface area contributed by atoms with Crippen molar-refractivity contribution in [3.63, 3.8) is 0 Å². The smallest absolute Gasteiger partial charge is 0.307 e. The number of fused-ring (bicyclic) bond motifs is 3. The molecule has 0 fully saturated rings. The number of nitrogens with zero attached hydrogens (tertiary/aromatic N) is 1. The van der Waals surface area contributed by atoms with E-state index in [1.54, 1.807) is 6.07 Å². The molecule has 0 spiro atoms. The molecule has 1 atom stereocenters. The predicted molar refractivity (Wildman–Crippen MR) is 71.7 cm³/mol. The van der Waals surface area contributed by atoms with Gasteiger partial charge in [0.15, 0.2) is 5.78 Å². The molecule has 98 valence electrons. The van der Waals surface area contributed by atoms with E-state index in [0.29, 0.717) is 17.0 Å². The number of carbonyl (C=O) groups excluding carboxylic acids is 1. The molecule has 0 radical (unpaired) electrons. The number of rotatable bonds is 1. The van der Waals surface area contributed by atoms with E-state index in [1.807, 2.05) is 23.7 Å². The summed E-state index contributed by atoms with van der Waals surface area (Å²) in [5.74, 6) is -1.67. The minimum Gasteiger partial charge on any atom is -0.481 e. The number of aromatic nitrogens is 1. The fraction of sp³-hybridized carbons (Fsp3) is 0.286. The maximum absolute atomic E-state index is 12.2. The van der Waals surface area contributed by atoms with Crippen LogP contribution in [0.4, 0.5) is 0 Å². The Bertz CT molecular complexity index is 717. The van der Waals surface area contributed by atoms with Gasteiger partial charge in [-0.05, 0) is 6.07 Å². The van der Waals surface area contributed by atoms with E-state index in [9.17, 15) is 9.59 Å². The average Bonchev–Trinajstić information content (AvgIpc) is 2.65. The molecular weight excluding hydrogens is 266 g/mol. The lowest BCUT2D eigenvalue weighted by atomic mass is 9.86. The Morgan fingerprint density at radius 2 is 2.16 bits per heavy atom. The van der Waals surface area contributed by atoms with Gasteiger partial charge in [0.05, 0.1) is 16.5 Å². The highest BCUT2D eigenvalue weighted by Crippen LogP contribution is 2.36. The van der Waals surface area contributed by atoms with E-state index in [4.69, 9.17) is 16.7 Å². The lowest BCUT2D eigenvalue weighted by Crippen LogP contribution is -2.27. The fourth-order valence-electron chi connectivity index (χ4n) is 2.87. The maximum atomic E-state index is 12.2. The number of aryl methyl sites for hydroxylation is 1. The Balaban J connectivity index is 2.31. The molecule has 0 aliphatic heterocycles. The van der Waals surface area contributed by atoms with Gasteiger partial charge in [0, 0.05) is 36.5 Å². The number of benzene rings is 1. The number of halogens is 1. The van der Waals surface area contributed by atoms with Crippen molar-refractivity contribution >= 4 is 34.3 Å². The minimum atomic E-state index is -0.921. The highest BCUT2D eigenvalue weighted by molar-refractivity contribution is 6.35. The van der Waals surface area contributed by atoms with Gasteiger partial charge in [-0.25, -0.2) is 0 Å². The summed E-state index contributed by atoms with van der Waals surface area (Å²) >= 11 is 6.18. The molecule has 1 aliphatic carbocycles. The van der Waals surface area contributed by atoms with Gasteiger partial charge in [0.25, 0.3) is 0 Å². The highest BCUT2D eigenvalue weighted by atomic mass is 35.5. The van der Waals surface area contributed by atoms with Gasteiger partial charge < -0.3 is 9.67 Å². The van der Waals surface area contributed by atoms with Gasteiger partial charge in [0.2, 0.25) is 0 Å². The normalized spacial score (nSPS) is 18.6. The van der Waals surface area contributed by atoms with Crippen LogP contribution in [0.2, 0.25) is 5.02 Å². The molecule has 3 rings (SSSR count). The number of aliphatic carboxylic acids is 1. The van der Waals surface area contributed by atoms with Gasteiger partial charge in [-0.15, -0.1) is 0 Å². The van der Waals surface area contributed by atoms with Crippen LogP contribution >= 0.6 is 11.6 Å². The SMILES string of the molecule is Cn1c2c(c3cccc(Cl)c31)C(=O)CC(C(=O)O)C2. The Labute approximate surface area is 114 Å². The summed E-state index contributed by atoms with van der Waals surface area (Å²) in [6, 6.07) is 5.44. The topological polar surface area (TPSA) is 59.3 Å². The molecule has 1 N–H and O–H groups in total. The summed E-state index contributed by atoms with van der Waals surface area (Å²) in [5, 5.41) is 10.5. The van der Waals surface area contributed by atoms with E-state index in [1.165, 1.54) is 0 Å². The second kappa shape index (κ2) is 4.10. The molecule has 1 aromatic carbocycles. The third kappa shape index (κ3) is 1.67. The Morgan fingerprint density at radius 1 is 1.42 bits per heavy atom. The van der Waals surface area contributed by atoms with E-state index in [-0.39, 0.29) is 12.2 Å². The van der Waals surface area contributed by atoms with Crippen molar-refractivity contribution in [2.24, 2.45) is 13.0 Å². The number of hydrogen-bond donors (Lipinski definition) is 1. The zero-order chi connectivity index (χ0) is 13.7. The van der Waals surface area contributed by atoms with Crippen LogP contribution in [0.5, 0.6) is 0 Å². The first-order chi connectivity index (χ1) is 9.00. The van der Waals surface area contributed by atoms with Gasteiger partial charge in [0.1, 0.15) is 0 Å². The summed E-state index contributed by atoms with van der Waals surface area (Å²) in [6.07, 6.45) is 0.436. The van der Waals surface area contributed by atoms with Crippen molar-refractivity contribution < 1.29 is 14.7 Å². The Hall–Kier alpha value is -1.81. The third-order valence-electron chi connectivity index (χ3n) is 3.78. The van der Waals surface area contributed by atoms with Gasteiger partial charge in [-0.3, -0.25) is 9.59 Å². The zero-order valence-corrected chi connectivity index (χ0v) is 11.1. The average molecular weight is 278 g/mol. The van der Waals surface area contributed by atoms with E-state index in [0.717, 1.165) is 16.6 Å². The number of carboxylic acids is 1. The number of carboxylic acid groups (broad SMARTS) is 1. The summed E-state index contributed by atoms with van der Waals surface area (Å²) < 4.78 is 1.85. The fourth-order valence-corrected chi connectivity index (χ4v) is 3.17. The summed E-state index contributed by atoms with van der Waals surface area (Å²) in [5.41, 5.74) is 2.21. The van der Waals surface area contributed by atoms with Crippen molar-refractivity contribution in [3.8, 4) is 0 Å². The number of Topliss-reactive ketones (excluding diaryl/α,β-unsaturated/α-hetero) is 1. The number of carbonyl (C=O) groups is 2. The standard InChI is InChI=1S/C14H12ClNO3/c1-16-10-5-7(14(18)19)6-11(17)12(10)8-3-2-4-9(15)13(8)16/h2-4,7H,5-6H2,1H3,(H,18,19). The molecule has 2 aromatic rings. The van der Waals surface area contributed by atoms with Crippen molar-refractivity contribution in [3.05, 3.63) is 34.5 Å². The van der Waals surface area contributed by atoms with Crippen LogP contribution in [0.1, 0.15) is 22.5 Å². The maximum Gasteiger partial charge on any atom is 0.307 e. The van der Waals surface area contributed by atoms with Crippen LogP contribution in [0.25, 0.3) is 10.9 Å². The monoisotopic (exact) mass is 277 g/mol. The molecule has 19 heavy (non-hydrogen) atoms. The van der Waals surface area contributed by atoms with Crippen molar-refractivity contribution in [2.75, 3.05) is 0 Å². The van der Waals surface area contributed by atoms with Crippen molar-refractivity contribution in [1.29, 1.82) is 0 Å². The number of hydrogen-bond acceptors (Lipinski definition) is 2. The molecule has 0 saturated carbocycles. The highest BCUT2D eigenvalue weighted by Gasteiger charge is 2.34. The molecule has 1 heterocycles. The summed E-state index contributed by atoms with van der Waals surface area (Å²) in [6.45, 7) is 0. The molecule has 4 nitrogen and oxygen atoms in total. The zero-order valence-electron chi connectivity index (χ0n) is 10.3. The molecule has 0 bridgehead atoms. The van der Waals surface area contributed by atoms with Crippen molar-refractivity contribution in [1.82, 2.24) is 4.57 Å². The lowest BCUT2D eigenvalue weighted by Gasteiger charge is -2.19. The van der Waals surface area contributed by atoms with Gasteiger partial charge in [-0.1, -0.05) is 23.7 Å². The minimum absolute atomic E-state index is 0.0635. The van der Waals surface area contributed by atoms with Crippen LogP contribution in [-0.4, -0.2) is 21.4 Å². The van der Waals surface area contributed by atoms with Crippen LogP contribution in [-0.2, 0) is 18.3 Å². The van der Waals surface area contributed by atoms with E-state index in [2.05, 4.69) is 0 Å².